The van der Waals surface area contributed by atoms with E-state index in [0.29, 0.717) is 18.1 Å². The average Bonchev–Trinajstić information content (AvgIpc) is 2.52. The normalized spacial score (nSPS) is 10.5. The highest BCUT2D eigenvalue weighted by atomic mass is 16.5. The van der Waals surface area contributed by atoms with Gasteiger partial charge in [-0.1, -0.05) is 38.1 Å². The molecule has 0 aliphatic heterocycles. The lowest BCUT2D eigenvalue weighted by Gasteiger charge is -2.10. The Hall–Kier alpha value is -2.33. The summed E-state index contributed by atoms with van der Waals surface area (Å²) in [5.41, 5.74) is 4.81. The van der Waals surface area contributed by atoms with Crippen molar-refractivity contribution in [3.8, 4) is 5.75 Å². The van der Waals surface area contributed by atoms with Crippen molar-refractivity contribution in [2.45, 2.75) is 26.4 Å². The van der Waals surface area contributed by atoms with Gasteiger partial charge in [-0.25, -0.2) is 5.84 Å². The molecule has 0 saturated heterocycles. The molecule has 0 radical (unpaired) electrons. The first kappa shape index (κ1) is 15.1. The maximum absolute atomic E-state index is 11.5. The topological polar surface area (TPSA) is 64.3 Å². The summed E-state index contributed by atoms with van der Waals surface area (Å²) in [6.07, 6.45) is 0. The molecule has 3 N–H and O–H groups in total. The highest BCUT2D eigenvalue weighted by Crippen LogP contribution is 2.21. The summed E-state index contributed by atoms with van der Waals surface area (Å²) in [5, 5.41) is 0. The van der Waals surface area contributed by atoms with Gasteiger partial charge in [0.1, 0.15) is 12.4 Å². The third kappa shape index (κ3) is 4.07. The van der Waals surface area contributed by atoms with Crippen LogP contribution in [0.15, 0.2) is 48.5 Å². The van der Waals surface area contributed by atoms with Crippen LogP contribution in [0.25, 0.3) is 0 Å². The Morgan fingerprint density at radius 3 is 2.67 bits per heavy atom. The summed E-state index contributed by atoms with van der Waals surface area (Å²) in [5.74, 6) is 6.12. The number of benzene rings is 2. The molecule has 0 spiro atoms. The van der Waals surface area contributed by atoms with E-state index >= 15 is 0 Å². The van der Waals surface area contributed by atoms with Gasteiger partial charge in [-0.05, 0) is 41.3 Å². The first-order chi connectivity index (χ1) is 10.1. The maximum atomic E-state index is 11.5. The monoisotopic (exact) mass is 284 g/mol. The number of rotatable bonds is 5. The fourth-order valence-electron chi connectivity index (χ4n) is 2.02. The van der Waals surface area contributed by atoms with Crippen LogP contribution in [0.3, 0.4) is 0 Å². The minimum Gasteiger partial charge on any atom is -0.489 e. The van der Waals surface area contributed by atoms with Crippen molar-refractivity contribution in [2.75, 3.05) is 0 Å². The molecular formula is C17H20N2O2. The fourth-order valence-corrected chi connectivity index (χ4v) is 2.02. The maximum Gasteiger partial charge on any atom is 0.265 e. The summed E-state index contributed by atoms with van der Waals surface area (Å²) in [6, 6.07) is 15.3. The van der Waals surface area contributed by atoms with E-state index in [9.17, 15) is 4.79 Å². The van der Waals surface area contributed by atoms with Crippen molar-refractivity contribution >= 4 is 5.91 Å². The summed E-state index contributed by atoms with van der Waals surface area (Å²) in [7, 11) is 0. The molecule has 21 heavy (non-hydrogen) atoms. The van der Waals surface area contributed by atoms with Gasteiger partial charge in [0.05, 0.1) is 0 Å². The van der Waals surface area contributed by atoms with Crippen molar-refractivity contribution in [3.05, 3.63) is 65.2 Å². The van der Waals surface area contributed by atoms with Crippen molar-refractivity contribution in [2.24, 2.45) is 5.84 Å². The van der Waals surface area contributed by atoms with Gasteiger partial charge in [-0.3, -0.25) is 10.2 Å². The second-order valence-electron chi connectivity index (χ2n) is 5.19. The molecule has 0 fully saturated rings. The van der Waals surface area contributed by atoms with Crippen LogP contribution >= 0.6 is 0 Å². The van der Waals surface area contributed by atoms with E-state index in [1.807, 2.05) is 30.3 Å². The molecule has 0 bridgehead atoms. The summed E-state index contributed by atoms with van der Waals surface area (Å²) in [6.45, 7) is 4.70. The Balaban J connectivity index is 2.06. The first-order valence-electron chi connectivity index (χ1n) is 6.93. The lowest BCUT2D eigenvalue weighted by atomic mass is 10.0. The number of hydrogen-bond donors (Lipinski definition) is 2. The number of hydrazine groups is 1. The van der Waals surface area contributed by atoms with Crippen LogP contribution in [0.5, 0.6) is 5.75 Å². The highest BCUT2D eigenvalue weighted by Gasteiger charge is 2.05. The van der Waals surface area contributed by atoms with Gasteiger partial charge >= 0.3 is 0 Å². The molecule has 2 rings (SSSR count). The standard InChI is InChI=1S/C17H20N2O2/c1-12(2)14-6-4-8-16(10-14)21-11-13-5-3-7-15(9-13)17(20)19-18/h3-10,12H,11,18H2,1-2H3,(H,19,20). The second kappa shape index (κ2) is 6.90. The quantitative estimate of drug-likeness (QED) is 0.504. The van der Waals surface area contributed by atoms with Crippen molar-refractivity contribution in [1.29, 1.82) is 0 Å². The predicted octanol–water partition coefficient (Wildman–Crippen LogP) is 2.99. The van der Waals surface area contributed by atoms with Gasteiger partial charge in [0.2, 0.25) is 0 Å². The molecule has 0 saturated carbocycles. The summed E-state index contributed by atoms with van der Waals surface area (Å²) >= 11 is 0. The third-order valence-electron chi connectivity index (χ3n) is 3.25. The van der Waals surface area contributed by atoms with Gasteiger partial charge < -0.3 is 4.74 Å². The van der Waals surface area contributed by atoms with E-state index < -0.39 is 0 Å². The number of nitrogen functional groups attached to an aromatic ring is 1. The molecule has 110 valence electrons. The summed E-state index contributed by atoms with van der Waals surface area (Å²) < 4.78 is 5.79. The Morgan fingerprint density at radius 2 is 1.95 bits per heavy atom. The average molecular weight is 284 g/mol. The van der Waals surface area contributed by atoms with Gasteiger partial charge in [0, 0.05) is 5.56 Å². The zero-order valence-corrected chi connectivity index (χ0v) is 12.3. The number of nitrogens with two attached hydrogens (primary N) is 1. The van der Waals surface area contributed by atoms with E-state index in [2.05, 4.69) is 25.3 Å². The minimum atomic E-state index is -0.307. The first-order valence-corrected chi connectivity index (χ1v) is 6.93. The van der Waals surface area contributed by atoms with Crippen LogP contribution in [-0.4, -0.2) is 5.91 Å². The molecule has 2 aromatic carbocycles. The van der Waals surface area contributed by atoms with Crippen LogP contribution in [0, 0.1) is 0 Å². The lowest BCUT2D eigenvalue weighted by molar-refractivity contribution is 0.0953. The van der Waals surface area contributed by atoms with Gasteiger partial charge in [-0.15, -0.1) is 0 Å². The smallest absolute Gasteiger partial charge is 0.265 e. The second-order valence-corrected chi connectivity index (χ2v) is 5.19. The van der Waals surface area contributed by atoms with Crippen LogP contribution in [0.4, 0.5) is 0 Å². The third-order valence-corrected chi connectivity index (χ3v) is 3.25. The van der Waals surface area contributed by atoms with Crippen molar-refractivity contribution in [3.63, 3.8) is 0 Å². The molecule has 1 amide bonds. The molecule has 0 aliphatic carbocycles. The predicted molar refractivity (Wildman–Crippen MR) is 83.0 cm³/mol. The molecule has 0 aromatic heterocycles. The van der Waals surface area contributed by atoms with Crippen LogP contribution in [0.1, 0.15) is 41.3 Å². The van der Waals surface area contributed by atoms with Crippen LogP contribution in [0.2, 0.25) is 0 Å². The van der Waals surface area contributed by atoms with Crippen LogP contribution < -0.4 is 16.0 Å². The molecule has 0 atom stereocenters. The molecule has 0 aliphatic rings. The van der Waals surface area contributed by atoms with Crippen molar-refractivity contribution < 1.29 is 9.53 Å². The SMILES string of the molecule is CC(C)c1cccc(OCc2cccc(C(=O)NN)c2)c1. The number of carbonyl (C=O) groups excluding carboxylic acids is 1. The molecule has 0 heterocycles. The largest absolute Gasteiger partial charge is 0.489 e. The van der Waals surface area contributed by atoms with E-state index in [1.54, 1.807) is 12.1 Å². The number of ether oxygens (including phenoxy) is 1. The lowest BCUT2D eigenvalue weighted by Crippen LogP contribution is -2.30. The Bertz CT molecular complexity index is 624. The van der Waals surface area contributed by atoms with E-state index in [4.69, 9.17) is 10.6 Å². The molecule has 4 heteroatoms. The van der Waals surface area contributed by atoms with E-state index in [1.165, 1.54) is 5.56 Å². The van der Waals surface area contributed by atoms with Crippen LogP contribution in [-0.2, 0) is 6.61 Å². The number of carbonyl (C=O) groups is 1. The van der Waals surface area contributed by atoms with Gasteiger partial charge in [0.25, 0.3) is 5.91 Å². The zero-order valence-electron chi connectivity index (χ0n) is 12.3. The van der Waals surface area contributed by atoms with Gasteiger partial charge in [-0.2, -0.15) is 0 Å². The zero-order chi connectivity index (χ0) is 15.2. The summed E-state index contributed by atoms with van der Waals surface area (Å²) in [4.78, 5) is 11.5. The Labute approximate surface area is 124 Å². The van der Waals surface area contributed by atoms with E-state index in [0.717, 1.165) is 11.3 Å². The minimum absolute atomic E-state index is 0.307. The van der Waals surface area contributed by atoms with Gasteiger partial charge in [0.15, 0.2) is 0 Å². The fraction of sp³-hybridized carbons (Fsp3) is 0.235. The number of hydrogen-bond acceptors (Lipinski definition) is 3. The molecule has 2 aromatic rings. The molecule has 4 nitrogen and oxygen atoms in total. The highest BCUT2D eigenvalue weighted by molar-refractivity contribution is 5.93. The number of nitrogens with one attached hydrogen (secondary N) is 1. The molecular weight excluding hydrogens is 264 g/mol. The Morgan fingerprint density at radius 1 is 1.19 bits per heavy atom. The number of amides is 1. The molecule has 0 unspecified atom stereocenters. The van der Waals surface area contributed by atoms with Crippen molar-refractivity contribution in [1.82, 2.24) is 5.43 Å². The van der Waals surface area contributed by atoms with E-state index in [-0.39, 0.29) is 5.91 Å². The Kier molecular flexibility index (Phi) is 4.95.